The molecule has 0 N–H and O–H groups in total. The van der Waals surface area contributed by atoms with Gasteiger partial charge in [-0.1, -0.05) is 45.0 Å². The van der Waals surface area contributed by atoms with E-state index in [0.29, 0.717) is 13.0 Å². The number of amides is 1. The van der Waals surface area contributed by atoms with E-state index in [4.69, 9.17) is 4.98 Å². The van der Waals surface area contributed by atoms with Crippen LogP contribution in [0.1, 0.15) is 24.8 Å². The predicted molar refractivity (Wildman–Crippen MR) is 134 cm³/mol. The molecule has 3 aromatic rings. The molecule has 0 fully saturated rings. The summed E-state index contributed by atoms with van der Waals surface area (Å²) in [5, 5.41) is 0.804. The van der Waals surface area contributed by atoms with Crippen molar-refractivity contribution in [3.05, 3.63) is 52.5 Å². The lowest BCUT2D eigenvalue weighted by Gasteiger charge is -2.21. The van der Waals surface area contributed by atoms with E-state index in [2.05, 4.69) is 72.2 Å². The second kappa shape index (κ2) is 11.3. The summed E-state index contributed by atoms with van der Waals surface area (Å²) in [6.07, 6.45) is 2.33. The Hall–Kier alpha value is -1.41. The highest BCUT2D eigenvalue weighted by Gasteiger charge is 2.19. The molecular formula is C23H28BrN3OS2. The van der Waals surface area contributed by atoms with Crippen LogP contribution in [0.25, 0.3) is 10.2 Å². The molecule has 0 saturated heterocycles. The number of fused-ring (bicyclic) bond motifs is 1. The van der Waals surface area contributed by atoms with Gasteiger partial charge in [-0.3, -0.25) is 9.69 Å². The SMILES string of the molecule is Cc1ccc(SCCCC(=O)N(CCCN(C)C)c2nc3ccc(Br)cc3s2)cc1. The summed E-state index contributed by atoms with van der Waals surface area (Å²) >= 11 is 6.92. The quantitative estimate of drug-likeness (QED) is 0.242. The number of hydrogen-bond donors (Lipinski definition) is 0. The first-order valence-corrected chi connectivity index (χ1v) is 12.7. The third kappa shape index (κ3) is 6.80. The Labute approximate surface area is 195 Å². The first-order chi connectivity index (χ1) is 14.4. The van der Waals surface area contributed by atoms with Gasteiger partial charge in [-0.25, -0.2) is 4.98 Å². The molecule has 0 unspecified atom stereocenters. The molecule has 0 bridgehead atoms. The van der Waals surface area contributed by atoms with Gasteiger partial charge in [-0.05, 0) is 76.5 Å². The van der Waals surface area contributed by atoms with E-state index in [1.54, 1.807) is 11.3 Å². The average molecular weight is 507 g/mol. The first-order valence-electron chi connectivity index (χ1n) is 10.1. The highest BCUT2D eigenvalue weighted by molar-refractivity contribution is 9.10. The fraction of sp³-hybridized carbons (Fsp3) is 0.391. The van der Waals surface area contributed by atoms with Gasteiger partial charge in [0.25, 0.3) is 0 Å². The van der Waals surface area contributed by atoms with Crippen LogP contribution in [0.15, 0.2) is 51.8 Å². The number of carbonyl (C=O) groups is 1. The molecule has 2 aromatic carbocycles. The number of aryl methyl sites for hydroxylation is 1. The summed E-state index contributed by atoms with van der Waals surface area (Å²) < 4.78 is 2.13. The van der Waals surface area contributed by atoms with Crippen LogP contribution in [-0.2, 0) is 4.79 Å². The van der Waals surface area contributed by atoms with Crippen molar-refractivity contribution in [3.8, 4) is 0 Å². The number of anilines is 1. The van der Waals surface area contributed by atoms with E-state index in [0.717, 1.165) is 45.0 Å². The molecule has 0 saturated carbocycles. The fourth-order valence-corrected chi connectivity index (χ4v) is 5.47. The number of nitrogens with zero attached hydrogens (tertiary/aromatic N) is 3. The molecule has 30 heavy (non-hydrogen) atoms. The van der Waals surface area contributed by atoms with E-state index in [1.807, 2.05) is 28.8 Å². The maximum Gasteiger partial charge on any atom is 0.228 e. The Balaban J connectivity index is 1.62. The van der Waals surface area contributed by atoms with Gasteiger partial charge in [0.2, 0.25) is 5.91 Å². The zero-order chi connectivity index (χ0) is 21.5. The Morgan fingerprint density at radius 1 is 1.10 bits per heavy atom. The Morgan fingerprint density at radius 3 is 2.60 bits per heavy atom. The summed E-state index contributed by atoms with van der Waals surface area (Å²) in [5.74, 6) is 1.10. The molecule has 0 spiro atoms. The van der Waals surface area contributed by atoms with Gasteiger partial charge in [0.1, 0.15) is 0 Å². The fourth-order valence-electron chi connectivity index (χ4n) is 3.06. The standard InChI is InChI=1S/C23H28BrN3OS2/c1-17-7-10-19(11-8-17)29-15-4-6-22(28)27(14-5-13-26(2)3)23-25-20-12-9-18(24)16-21(20)30-23/h7-12,16H,4-6,13-15H2,1-3H3. The number of thioether (sulfide) groups is 1. The number of thiazole rings is 1. The van der Waals surface area contributed by atoms with E-state index < -0.39 is 0 Å². The number of benzene rings is 2. The van der Waals surface area contributed by atoms with Crippen LogP contribution in [0, 0.1) is 6.92 Å². The molecule has 4 nitrogen and oxygen atoms in total. The van der Waals surface area contributed by atoms with Crippen LogP contribution in [0.5, 0.6) is 0 Å². The summed E-state index contributed by atoms with van der Waals surface area (Å²) in [6, 6.07) is 14.6. The third-order valence-corrected chi connectivity index (χ3v) is 7.32. The molecule has 0 aliphatic heterocycles. The lowest BCUT2D eigenvalue weighted by molar-refractivity contribution is -0.118. The Bertz CT molecular complexity index is 972. The molecule has 0 aliphatic carbocycles. The highest BCUT2D eigenvalue weighted by atomic mass is 79.9. The minimum absolute atomic E-state index is 0.163. The Kier molecular flexibility index (Phi) is 8.74. The van der Waals surface area contributed by atoms with Crippen molar-refractivity contribution in [2.45, 2.75) is 31.1 Å². The average Bonchev–Trinajstić information content (AvgIpc) is 3.12. The minimum atomic E-state index is 0.163. The number of hydrogen-bond acceptors (Lipinski definition) is 5. The van der Waals surface area contributed by atoms with Gasteiger partial charge in [0, 0.05) is 22.3 Å². The van der Waals surface area contributed by atoms with Crippen LogP contribution in [0.2, 0.25) is 0 Å². The van der Waals surface area contributed by atoms with Crippen molar-refractivity contribution in [3.63, 3.8) is 0 Å². The number of rotatable bonds is 10. The molecule has 0 atom stereocenters. The second-order valence-electron chi connectivity index (χ2n) is 7.58. The molecule has 1 aromatic heterocycles. The van der Waals surface area contributed by atoms with Crippen LogP contribution in [-0.4, -0.2) is 48.7 Å². The van der Waals surface area contributed by atoms with Crippen LogP contribution < -0.4 is 4.90 Å². The zero-order valence-corrected chi connectivity index (χ0v) is 20.9. The van der Waals surface area contributed by atoms with Crippen LogP contribution in [0.3, 0.4) is 0 Å². The predicted octanol–water partition coefficient (Wildman–Crippen LogP) is 6.22. The number of halogens is 1. The zero-order valence-electron chi connectivity index (χ0n) is 17.7. The summed E-state index contributed by atoms with van der Waals surface area (Å²) in [4.78, 5) is 23.1. The van der Waals surface area contributed by atoms with E-state index in [-0.39, 0.29) is 5.91 Å². The van der Waals surface area contributed by atoms with Gasteiger partial charge in [-0.2, -0.15) is 0 Å². The van der Waals surface area contributed by atoms with Crippen molar-refractivity contribution in [1.29, 1.82) is 0 Å². The maximum atomic E-state index is 13.1. The molecule has 1 amide bonds. The normalized spacial score (nSPS) is 11.4. The van der Waals surface area contributed by atoms with Gasteiger partial charge >= 0.3 is 0 Å². The van der Waals surface area contributed by atoms with E-state index >= 15 is 0 Å². The monoisotopic (exact) mass is 505 g/mol. The molecular weight excluding hydrogens is 478 g/mol. The van der Waals surface area contributed by atoms with Crippen LogP contribution >= 0.6 is 39.0 Å². The molecule has 0 aliphatic rings. The Morgan fingerprint density at radius 2 is 1.87 bits per heavy atom. The van der Waals surface area contributed by atoms with Crippen molar-refractivity contribution < 1.29 is 4.79 Å². The van der Waals surface area contributed by atoms with Gasteiger partial charge in [0.05, 0.1) is 10.2 Å². The first kappa shape index (κ1) is 23.3. The van der Waals surface area contributed by atoms with E-state index in [1.165, 1.54) is 10.5 Å². The number of aromatic nitrogens is 1. The molecule has 1 heterocycles. The molecule has 3 rings (SSSR count). The second-order valence-corrected chi connectivity index (χ2v) is 10.7. The lowest BCUT2D eigenvalue weighted by Crippen LogP contribution is -2.33. The highest BCUT2D eigenvalue weighted by Crippen LogP contribution is 2.31. The maximum absolute atomic E-state index is 13.1. The summed E-state index contributed by atoms with van der Waals surface area (Å²) in [5.41, 5.74) is 2.21. The van der Waals surface area contributed by atoms with Gasteiger partial charge in [0.15, 0.2) is 5.13 Å². The largest absolute Gasteiger partial charge is 0.309 e. The molecule has 160 valence electrons. The molecule has 0 radical (unpaired) electrons. The summed E-state index contributed by atoms with van der Waals surface area (Å²) in [7, 11) is 4.12. The lowest BCUT2D eigenvalue weighted by atomic mass is 10.2. The van der Waals surface area contributed by atoms with Crippen molar-refractivity contribution >= 4 is 60.3 Å². The minimum Gasteiger partial charge on any atom is -0.309 e. The van der Waals surface area contributed by atoms with Crippen molar-refractivity contribution in [2.24, 2.45) is 0 Å². The summed E-state index contributed by atoms with van der Waals surface area (Å²) in [6.45, 7) is 3.74. The van der Waals surface area contributed by atoms with Crippen molar-refractivity contribution in [2.75, 3.05) is 37.8 Å². The number of carbonyl (C=O) groups excluding carboxylic acids is 1. The smallest absolute Gasteiger partial charge is 0.228 e. The van der Waals surface area contributed by atoms with Gasteiger partial charge in [-0.15, -0.1) is 11.8 Å². The topological polar surface area (TPSA) is 36.4 Å². The van der Waals surface area contributed by atoms with Gasteiger partial charge < -0.3 is 4.90 Å². The van der Waals surface area contributed by atoms with E-state index in [9.17, 15) is 4.79 Å². The van der Waals surface area contributed by atoms with Crippen molar-refractivity contribution in [1.82, 2.24) is 9.88 Å². The molecule has 7 heteroatoms. The third-order valence-electron chi connectivity index (χ3n) is 4.68. The van der Waals surface area contributed by atoms with Crippen LogP contribution in [0.4, 0.5) is 5.13 Å².